The van der Waals surface area contributed by atoms with Crippen molar-refractivity contribution in [2.75, 3.05) is 13.6 Å². The highest BCUT2D eigenvalue weighted by Gasteiger charge is 2.31. The molecule has 1 rings (SSSR count). The van der Waals surface area contributed by atoms with Gasteiger partial charge >= 0.3 is 6.18 Å². The maximum atomic E-state index is 12.5. The number of likely N-dealkylation sites (N-methyl/N-ethyl adjacent to an activating group) is 1. The third-order valence-corrected chi connectivity index (χ3v) is 2.60. The van der Waals surface area contributed by atoms with E-state index in [0.29, 0.717) is 16.8 Å². The molecule has 108 valence electrons. The Morgan fingerprint density at radius 1 is 1.45 bits per heavy atom. The molecule has 0 unspecified atom stereocenters. The van der Waals surface area contributed by atoms with Gasteiger partial charge < -0.3 is 9.47 Å². The van der Waals surface area contributed by atoms with Crippen LogP contribution < -0.4 is 5.56 Å². The van der Waals surface area contributed by atoms with Gasteiger partial charge in [0.05, 0.1) is 18.1 Å². The number of alkyl halides is 3. The highest BCUT2D eigenvalue weighted by Crippen LogP contribution is 2.27. The van der Waals surface area contributed by atoms with Gasteiger partial charge in [-0.05, 0) is 6.07 Å². The summed E-state index contributed by atoms with van der Waals surface area (Å²) in [5.74, 6) is -0.540. The van der Waals surface area contributed by atoms with Gasteiger partial charge in [0.15, 0.2) is 0 Å². The molecule has 1 heterocycles. The number of aromatic nitrogens is 1. The number of rotatable bonds is 4. The second-order valence-electron chi connectivity index (χ2n) is 4.11. The Hall–Kier alpha value is -2.30. The Morgan fingerprint density at radius 3 is 2.65 bits per heavy atom. The molecule has 0 radical (unpaired) electrons. The van der Waals surface area contributed by atoms with Crippen LogP contribution in [-0.2, 0) is 17.5 Å². The van der Waals surface area contributed by atoms with Gasteiger partial charge in [-0.2, -0.15) is 18.4 Å². The van der Waals surface area contributed by atoms with E-state index in [2.05, 4.69) is 0 Å². The molecule has 0 aliphatic rings. The third-order valence-electron chi connectivity index (χ3n) is 2.60. The molecule has 0 aliphatic heterocycles. The maximum absolute atomic E-state index is 12.5. The molecular weight excluding hydrogens is 275 g/mol. The van der Waals surface area contributed by atoms with Crippen LogP contribution in [0.2, 0.25) is 0 Å². The van der Waals surface area contributed by atoms with Crippen LogP contribution >= 0.6 is 0 Å². The smallest absolute Gasteiger partial charge is 0.343 e. The molecule has 0 fully saturated rings. The average molecular weight is 287 g/mol. The molecular formula is C12H12F3N3O2. The Labute approximate surface area is 112 Å². The van der Waals surface area contributed by atoms with E-state index in [1.165, 1.54) is 11.9 Å². The summed E-state index contributed by atoms with van der Waals surface area (Å²) >= 11 is 0. The molecule has 1 aromatic rings. The lowest BCUT2D eigenvalue weighted by Crippen LogP contribution is -2.34. The quantitative estimate of drug-likeness (QED) is 0.836. The van der Waals surface area contributed by atoms with Gasteiger partial charge in [0, 0.05) is 25.9 Å². The van der Waals surface area contributed by atoms with Crippen molar-refractivity contribution in [2.24, 2.45) is 0 Å². The van der Waals surface area contributed by atoms with E-state index in [1.807, 2.05) is 6.07 Å². The lowest BCUT2D eigenvalue weighted by Gasteiger charge is -2.17. The summed E-state index contributed by atoms with van der Waals surface area (Å²) in [5.41, 5.74) is -1.69. The van der Waals surface area contributed by atoms with Gasteiger partial charge in [-0.25, -0.2) is 0 Å². The van der Waals surface area contributed by atoms with Crippen molar-refractivity contribution >= 4 is 5.91 Å². The van der Waals surface area contributed by atoms with E-state index in [1.54, 1.807) is 0 Å². The fourth-order valence-electron chi connectivity index (χ4n) is 1.43. The van der Waals surface area contributed by atoms with Gasteiger partial charge in [-0.15, -0.1) is 0 Å². The first-order valence-electron chi connectivity index (χ1n) is 5.64. The number of halogens is 3. The first-order valence-corrected chi connectivity index (χ1v) is 5.64. The molecule has 0 bridgehead atoms. The molecule has 0 saturated carbocycles. The average Bonchev–Trinajstić information content (AvgIpc) is 2.37. The largest absolute Gasteiger partial charge is 0.417 e. The fraction of sp³-hybridized carbons (Fsp3) is 0.417. The molecule has 0 aliphatic carbocycles. The van der Waals surface area contributed by atoms with Crippen molar-refractivity contribution < 1.29 is 18.0 Å². The van der Waals surface area contributed by atoms with Gasteiger partial charge in [-0.1, -0.05) is 0 Å². The van der Waals surface area contributed by atoms with E-state index in [9.17, 15) is 22.8 Å². The Morgan fingerprint density at radius 2 is 2.10 bits per heavy atom. The number of hydrogen-bond donors (Lipinski definition) is 0. The first-order chi connectivity index (χ1) is 9.25. The standard InChI is InChI=1S/C12H12F3N3O2/c1-17(6-2-5-16)11(20)8-18-7-9(12(13,14)15)3-4-10(18)19/h3-4,7H,2,6,8H2,1H3. The van der Waals surface area contributed by atoms with Gasteiger partial charge in [0.2, 0.25) is 5.91 Å². The summed E-state index contributed by atoms with van der Waals surface area (Å²) in [6.45, 7) is -0.340. The van der Waals surface area contributed by atoms with Crippen LogP contribution in [0.3, 0.4) is 0 Å². The molecule has 0 aromatic carbocycles. The zero-order valence-electron chi connectivity index (χ0n) is 10.6. The molecule has 0 N–H and O–H groups in total. The predicted octanol–water partition coefficient (Wildman–Crippen LogP) is 1.24. The maximum Gasteiger partial charge on any atom is 0.417 e. The minimum Gasteiger partial charge on any atom is -0.343 e. The number of carbonyl (C=O) groups excluding carboxylic acids is 1. The van der Waals surface area contributed by atoms with Gasteiger partial charge in [0.25, 0.3) is 5.56 Å². The SMILES string of the molecule is CN(CCC#N)C(=O)Cn1cc(C(F)(F)F)ccc1=O. The van der Waals surface area contributed by atoms with Gasteiger partial charge in [-0.3, -0.25) is 9.59 Å². The Bertz CT molecular complexity index is 587. The lowest BCUT2D eigenvalue weighted by molar-refractivity contribution is -0.138. The van der Waals surface area contributed by atoms with Crippen molar-refractivity contribution in [1.29, 1.82) is 5.26 Å². The van der Waals surface area contributed by atoms with Crippen molar-refractivity contribution in [3.05, 3.63) is 34.2 Å². The van der Waals surface area contributed by atoms with E-state index in [0.717, 1.165) is 6.07 Å². The van der Waals surface area contributed by atoms with Crippen molar-refractivity contribution in [3.8, 4) is 6.07 Å². The molecule has 0 atom stereocenters. The lowest BCUT2D eigenvalue weighted by atomic mass is 10.2. The minimum atomic E-state index is -4.58. The predicted molar refractivity (Wildman–Crippen MR) is 63.6 cm³/mol. The Balaban J connectivity index is 2.90. The number of nitrogens with zero attached hydrogens (tertiary/aromatic N) is 3. The van der Waals surface area contributed by atoms with E-state index in [-0.39, 0.29) is 13.0 Å². The highest BCUT2D eigenvalue weighted by molar-refractivity contribution is 5.75. The molecule has 20 heavy (non-hydrogen) atoms. The van der Waals surface area contributed by atoms with Crippen LogP contribution in [0.4, 0.5) is 13.2 Å². The second-order valence-corrected chi connectivity index (χ2v) is 4.11. The Kier molecular flexibility index (Phi) is 4.91. The van der Waals surface area contributed by atoms with Crippen LogP contribution in [0.25, 0.3) is 0 Å². The van der Waals surface area contributed by atoms with Crippen LogP contribution in [-0.4, -0.2) is 29.0 Å². The first kappa shape index (κ1) is 15.8. The molecule has 5 nitrogen and oxygen atoms in total. The summed E-state index contributed by atoms with van der Waals surface area (Å²) < 4.78 is 38.2. The van der Waals surface area contributed by atoms with Crippen molar-refractivity contribution in [3.63, 3.8) is 0 Å². The summed E-state index contributed by atoms with van der Waals surface area (Å²) in [7, 11) is 1.41. The highest BCUT2D eigenvalue weighted by atomic mass is 19.4. The summed E-state index contributed by atoms with van der Waals surface area (Å²) in [4.78, 5) is 24.3. The van der Waals surface area contributed by atoms with Crippen molar-refractivity contribution in [2.45, 2.75) is 19.1 Å². The van der Waals surface area contributed by atoms with Crippen LogP contribution in [0.15, 0.2) is 23.1 Å². The molecule has 0 spiro atoms. The van der Waals surface area contributed by atoms with Crippen molar-refractivity contribution in [1.82, 2.24) is 9.47 Å². The molecule has 8 heteroatoms. The summed E-state index contributed by atoms with van der Waals surface area (Å²) in [6, 6.07) is 3.29. The zero-order valence-corrected chi connectivity index (χ0v) is 10.6. The van der Waals surface area contributed by atoms with Crippen LogP contribution in [0, 0.1) is 11.3 Å². The number of nitriles is 1. The minimum absolute atomic E-state index is 0.111. The topological polar surface area (TPSA) is 66.1 Å². The van der Waals surface area contributed by atoms with Crippen LogP contribution in [0.1, 0.15) is 12.0 Å². The zero-order chi connectivity index (χ0) is 15.3. The normalized spacial score (nSPS) is 10.9. The number of pyridine rings is 1. The fourth-order valence-corrected chi connectivity index (χ4v) is 1.43. The molecule has 1 aromatic heterocycles. The van der Waals surface area contributed by atoms with E-state index in [4.69, 9.17) is 5.26 Å². The van der Waals surface area contributed by atoms with Gasteiger partial charge in [0.1, 0.15) is 6.54 Å². The number of amides is 1. The summed E-state index contributed by atoms with van der Waals surface area (Å²) in [5, 5.41) is 8.39. The second kappa shape index (κ2) is 6.23. The van der Waals surface area contributed by atoms with E-state index < -0.39 is 29.8 Å². The van der Waals surface area contributed by atoms with E-state index >= 15 is 0 Å². The molecule has 1 amide bonds. The van der Waals surface area contributed by atoms with Crippen LogP contribution in [0.5, 0.6) is 0 Å². The third kappa shape index (κ3) is 4.12. The number of carbonyl (C=O) groups is 1. The summed E-state index contributed by atoms with van der Waals surface area (Å²) in [6.07, 6.45) is -3.86. The monoisotopic (exact) mass is 287 g/mol. The number of hydrogen-bond acceptors (Lipinski definition) is 3. The molecule has 0 saturated heterocycles.